The van der Waals surface area contributed by atoms with Gasteiger partial charge in [-0.2, -0.15) is 0 Å². The number of anilines is 1. The molecule has 0 radical (unpaired) electrons. The third kappa shape index (κ3) is 4.53. The molecule has 2 heterocycles. The molecule has 0 saturated carbocycles. The standard InChI is InChI=1S/C28H23F2N3O3/c29-21-13-9-19(10-14-21)6-5-18-7-11-20(12-8-18)27-24-15-32(16-26(35)33(24)25(27)17-34)28(36)31-23-4-2-1-3-22(23)30/h1-4,7-14,24-25,27,34H,15-17H2,(H,31,36)/t24-,25-,27+/m0/s1. The lowest BCUT2D eigenvalue weighted by Crippen LogP contribution is -2.73. The summed E-state index contributed by atoms with van der Waals surface area (Å²) in [4.78, 5) is 28.6. The second kappa shape index (κ2) is 9.80. The number of para-hydroxylation sites is 1. The van der Waals surface area contributed by atoms with E-state index in [0.29, 0.717) is 5.56 Å². The lowest BCUT2D eigenvalue weighted by atomic mass is 9.73. The summed E-state index contributed by atoms with van der Waals surface area (Å²) >= 11 is 0. The van der Waals surface area contributed by atoms with Crippen molar-refractivity contribution in [1.29, 1.82) is 0 Å². The Bertz CT molecular complexity index is 1350. The molecule has 3 amide bonds. The van der Waals surface area contributed by atoms with Gasteiger partial charge in [0.25, 0.3) is 0 Å². The molecule has 0 aromatic heterocycles. The van der Waals surface area contributed by atoms with Crippen LogP contribution in [-0.2, 0) is 4.79 Å². The van der Waals surface area contributed by atoms with Crippen LogP contribution in [0.3, 0.4) is 0 Å². The number of nitrogens with one attached hydrogen (secondary N) is 1. The van der Waals surface area contributed by atoms with Crippen LogP contribution in [0.5, 0.6) is 0 Å². The van der Waals surface area contributed by atoms with E-state index in [1.54, 1.807) is 23.1 Å². The molecule has 36 heavy (non-hydrogen) atoms. The van der Waals surface area contributed by atoms with Gasteiger partial charge < -0.3 is 20.2 Å². The SMILES string of the molecule is O=C(Nc1ccccc1F)N1CC(=O)N2[C@@H](CO)[C@H](c3ccc(C#Cc4ccc(F)cc4)cc3)[C@@H]2C1. The Morgan fingerprint density at radius 1 is 0.972 bits per heavy atom. The molecule has 2 saturated heterocycles. The number of aliphatic hydroxyl groups is 1. The fourth-order valence-corrected chi connectivity index (χ4v) is 4.88. The van der Waals surface area contributed by atoms with Gasteiger partial charge in [0.15, 0.2) is 0 Å². The van der Waals surface area contributed by atoms with Crippen molar-refractivity contribution in [1.82, 2.24) is 9.80 Å². The van der Waals surface area contributed by atoms with Crippen LogP contribution in [-0.4, -0.2) is 58.6 Å². The monoisotopic (exact) mass is 487 g/mol. The Kier molecular flexibility index (Phi) is 6.40. The van der Waals surface area contributed by atoms with Crippen molar-refractivity contribution in [2.24, 2.45) is 0 Å². The van der Waals surface area contributed by atoms with Gasteiger partial charge in [-0.3, -0.25) is 4.79 Å². The van der Waals surface area contributed by atoms with Gasteiger partial charge in [0.1, 0.15) is 18.2 Å². The molecule has 2 N–H and O–H groups in total. The van der Waals surface area contributed by atoms with E-state index in [0.717, 1.165) is 11.1 Å². The number of fused-ring (bicyclic) bond motifs is 1. The first-order valence-electron chi connectivity index (χ1n) is 11.5. The smallest absolute Gasteiger partial charge is 0.322 e. The van der Waals surface area contributed by atoms with Gasteiger partial charge in [0, 0.05) is 23.6 Å². The maximum absolute atomic E-state index is 14.0. The van der Waals surface area contributed by atoms with Crippen LogP contribution in [0, 0.1) is 23.5 Å². The topological polar surface area (TPSA) is 72.9 Å². The van der Waals surface area contributed by atoms with E-state index in [4.69, 9.17) is 0 Å². The van der Waals surface area contributed by atoms with Crippen molar-refractivity contribution in [2.45, 2.75) is 18.0 Å². The number of amides is 3. The van der Waals surface area contributed by atoms with Crippen LogP contribution >= 0.6 is 0 Å². The molecule has 2 aliphatic heterocycles. The molecule has 182 valence electrons. The normalized spacial score (nSPS) is 20.6. The first-order chi connectivity index (χ1) is 17.4. The van der Waals surface area contributed by atoms with Crippen LogP contribution in [0.1, 0.15) is 22.6 Å². The van der Waals surface area contributed by atoms with E-state index in [1.807, 2.05) is 24.3 Å². The molecule has 2 aliphatic rings. The first-order valence-corrected chi connectivity index (χ1v) is 11.5. The minimum Gasteiger partial charge on any atom is -0.394 e. The molecule has 3 aromatic carbocycles. The van der Waals surface area contributed by atoms with Crippen LogP contribution in [0.25, 0.3) is 0 Å². The van der Waals surface area contributed by atoms with E-state index >= 15 is 0 Å². The summed E-state index contributed by atoms with van der Waals surface area (Å²) in [6.45, 7) is -0.0717. The van der Waals surface area contributed by atoms with E-state index in [-0.39, 0.29) is 55.1 Å². The predicted molar refractivity (Wildman–Crippen MR) is 130 cm³/mol. The maximum atomic E-state index is 14.0. The van der Waals surface area contributed by atoms with Gasteiger partial charge in [-0.15, -0.1) is 0 Å². The Balaban J connectivity index is 1.31. The summed E-state index contributed by atoms with van der Waals surface area (Å²) in [6.07, 6.45) is 0. The molecule has 3 aromatic rings. The summed E-state index contributed by atoms with van der Waals surface area (Å²) in [5.41, 5.74) is 2.44. The molecule has 2 fully saturated rings. The Morgan fingerprint density at radius 3 is 2.25 bits per heavy atom. The highest BCUT2D eigenvalue weighted by Gasteiger charge is 2.54. The van der Waals surface area contributed by atoms with Crippen LogP contribution in [0.4, 0.5) is 19.3 Å². The van der Waals surface area contributed by atoms with Crippen LogP contribution in [0.15, 0.2) is 72.8 Å². The van der Waals surface area contributed by atoms with Crippen molar-refractivity contribution < 1.29 is 23.5 Å². The number of halogens is 2. The minimum atomic E-state index is -0.555. The number of benzene rings is 3. The number of hydrogen-bond acceptors (Lipinski definition) is 3. The molecule has 0 bridgehead atoms. The molecule has 5 rings (SSSR count). The van der Waals surface area contributed by atoms with Gasteiger partial charge in [-0.1, -0.05) is 36.1 Å². The number of urea groups is 1. The Labute approximate surface area is 207 Å². The highest BCUT2D eigenvalue weighted by Crippen LogP contribution is 2.43. The number of rotatable bonds is 3. The number of piperazine rings is 1. The van der Waals surface area contributed by atoms with E-state index in [9.17, 15) is 23.5 Å². The summed E-state index contributed by atoms with van der Waals surface area (Å²) in [5.74, 6) is 4.74. The quantitative estimate of drug-likeness (QED) is 0.555. The second-order valence-electron chi connectivity index (χ2n) is 8.81. The highest BCUT2D eigenvalue weighted by molar-refractivity contribution is 5.94. The summed E-state index contributed by atoms with van der Waals surface area (Å²) in [7, 11) is 0. The number of hydrogen-bond donors (Lipinski definition) is 2. The van der Waals surface area contributed by atoms with Crippen molar-refractivity contribution in [2.75, 3.05) is 25.0 Å². The molecular weight excluding hydrogens is 464 g/mol. The fraction of sp³-hybridized carbons (Fsp3) is 0.214. The minimum absolute atomic E-state index is 0.0492. The van der Waals surface area contributed by atoms with Crippen LogP contribution in [0.2, 0.25) is 0 Å². The van der Waals surface area contributed by atoms with Gasteiger partial charge in [0.05, 0.1) is 24.4 Å². The zero-order valence-corrected chi connectivity index (χ0v) is 19.2. The largest absolute Gasteiger partial charge is 0.394 e. The number of carbonyl (C=O) groups is 2. The average molecular weight is 488 g/mol. The summed E-state index contributed by atoms with van der Waals surface area (Å²) in [6, 6.07) is 18.1. The van der Waals surface area contributed by atoms with Gasteiger partial charge >= 0.3 is 6.03 Å². The fourth-order valence-electron chi connectivity index (χ4n) is 4.88. The van der Waals surface area contributed by atoms with Gasteiger partial charge in [0.2, 0.25) is 5.91 Å². The van der Waals surface area contributed by atoms with E-state index in [1.165, 1.54) is 35.2 Å². The van der Waals surface area contributed by atoms with Crippen molar-refractivity contribution in [3.05, 3.63) is 101 Å². The molecule has 0 unspecified atom stereocenters. The highest BCUT2D eigenvalue weighted by atomic mass is 19.1. The van der Waals surface area contributed by atoms with Gasteiger partial charge in [-0.05, 0) is 54.1 Å². The van der Waals surface area contributed by atoms with Crippen molar-refractivity contribution >= 4 is 17.6 Å². The van der Waals surface area contributed by atoms with Gasteiger partial charge in [-0.25, -0.2) is 13.6 Å². The summed E-state index contributed by atoms with van der Waals surface area (Å²) < 4.78 is 27.0. The maximum Gasteiger partial charge on any atom is 0.322 e. The molecule has 0 spiro atoms. The zero-order valence-electron chi connectivity index (χ0n) is 19.2. The Morgan fingerprint density at radius 2 is 1.61 bits per heavy atom. The number of nitrogens with zero attached hydrogens (tertiary/aromatic N) is 2. The second-order valence-corrected chi connectivity index (χ2v) is 8.81. The number of carbonyl (C=O) groups excluding carboxylic acids is 2. The number of aliphatic hydroxyl groups excluding tert-OH is 1. The van der Waals surface area contributed by atoms with Crippen LogP contribution < -0.4 is 5.32 Å². The Hall–Kier alpha value is -4.22. The third-order valence-electron chi connectivity index (χ3n) is 6.65. The summed E-state index contributed by atoms with van der Waals surface area (Å²) in [5, 5.41) is 12.5. The molecule has 8 heteroatoms. The third-order valence-corrected chi connectivity index (χ3v) is 6.65. The van der Waals surface area contributed by atoms with E-state index in [2.05, 4.69) is 17.2 Å². The molecule has 0 aliphatic carbocycles. The predicted octanol–water partition coefficient (Wildman–Crippen LogP) is 3.57. The average Bonchev–Trinajstić information content (AvgIpc) is 2.87. The first kappa shape index (κ1) is 23.5. The van der Waals surface area contributed by atoms with Crippen molar-refractivity contribution in [3.63, 3.8) is 0 Å². The molecule has 3 atom stereocenters. The molecule has 6 nitrogen and oxygen atoms in total. The molecular formula is C28H23F2N3O3. The van der Waals surface area contributed by atoms with E-state index < -0.39 is 11.8 Å². The lowest BCUT2D eigenvalue weighted by Gasteiger charge is -2.58. The lowest BCUT2D eigenvalue weighted by molar-refractivity contribution is -0.159. The zero-order chi connectivity index (χ0) is 25.2. The van der Waals surface area contributed by atoms with Crippen molar-refractivity contribution in [3.8, 4) is 11.8 Å².